The molecule has 1 fully saturated rings. The van der Waals surface area contributed by atoms with Gasteiger partial charge in [0.15, 0.2) is 0 Å². The predicted octanol–water partition coefficient (Wildman–Crippen LogP) is 2.95. The second kappa shape index (κ2) is 9.51. The Morgan fingerprint density at radius 1 is 1.07 bits per heavy atom. The highest BCUT2D eigenvalue weighted by Gasteiger charge is 2.19. The second-order valence-corrected chi connectivity index (χ2v) is 7.25. The van der Waals surface area contributed by atoms with Crippen LogP contribution in [0.25, 0.3) is 10.8 Å². The number of nitrogens with zero attached hydrogens (tertiary/aromatic N) is 1. The molecule has 1 heterocycles. The molecule has 0 saturated carbocycles. The molecule has 0 aliphatic carbocycles. The lowest BCUT2D eigenvalue weighted by Crippen LogP contribution is -2.45. The van der Waals surface area contributed by atoms with Crippen LogP contribution >= 0.6 is 0 Å². The summed E-state index contributed by atoms with van der Waals surface area (Å²) in [7, 11) is 0. The number of nitrogens with one attached hydrogen (secondary N) is 2. The maximum absolute atomic E-state index is 12.3. The molecule has 5 nitrogen and oxygen atoms in total. The fourth-order valence-corrected chi connectivity index (χ4v) is 3.64. The normalized spacial score (nSPS) is 15.6. The van der Waals surface area contributed by atoms with Crippen LogP contribution in [-0.2, 0) is 4.79 Å². The van der Waals surface area contributed by atoms with Gasteiger partial charge in [0.05, 0.1) is 0 Å². The molecule has 1 saturated heterocycles. The third-order valence-electron chi connectivity index (χ3n) is 5.14. The first-order valence-electron chi connectivity index (χ1n) is 9.94. The lowest BCUT2D eigenvalue weighted by Gasteiger charge is -2.32. The van der Waals surface area contributed by atoms with Crippen LogP contribution in [0, 0.1) is 0 Å². The van der Waals surface area contributed by atoms with E-state index >= 15 is 0 Å². The van der Waals surface area contributed by atoms with Crippen LogP contribution in [0.3, 0.4) is 0 Å². The zero-order chi connectivity index (χ0) is 19.1. The molecular weight excluding hydrogens is 338 g/mol. The number of carbonyl (C=O) groups excluding carboxylic acids is 2. The summed E-state index contributed by atoms with van der Waals surface area (Å²) in [6.45, 7) is 5.79. The fraction of sp³-hybridized carbons (Fsp3) is 0.455. The minimum Gasteiger partial charge on any atom is -0.353 e. The van der Waals surface area contributed by atoms with Gasteiger partial charge in [-0.3, -0.25) is 9.59 Å². The maximum Gasteiger partial charge on any atom is 0.251 e. The van der Waals surface area contributed by atoms with E-state index in [1.807, 2.05) is 42.5 Å². The summed E-state index contributed by atoms with van der Waals surface area (Å²) in [6, 6.07) is 13.9. The van der Waals surface area contributed by atoms with Crippen LogP contribution < -0.4 is 10.6 Å². The van der Waals surface area contributed by atoms with Crippen LogP contribution in [0.4, 0.5) is 0 Å². The maximum atomic E-state index is 12.3. The summed E-state index contributed by atoms with van der Waals surface area (Å²) in [5.41, 5.74) is 0.623. The molecule has 3 rings (SSSR count). The third kappa shape index (κ3) is 5.54. The zero-order valence-electron chi connectivity index (χ0n) is 16.0. The van der Waals surface area contributed by atoms with E-state index in [4.69, 9.17) is 0 Å². The predicted molar refractivity (Wildman–Crippen MR) is 109 cm³/mol. The van der Waals surface area contributed by atoms with Crippen molar-refractivity contribution in [2.24, 2.45) is 0 Å². The van der Waals surface area contributed by atoms with Crippen LogP contribution in [0.2, 0.25) is 0 Å². The van der Waals surface area contributed by atoms with Gasteiger partial charge in [0, 0.05) is 37.7 Å². The molecule has 0 bridgehead atoms. The molecule has 2 amide bonds. The number of hydrogen-bond donors (Lipinski definition) is 2. The van der Waals surface area contributed by atoms with E-state index in [2.05, 4.69) is 22.5 Å². The Hall–Kier alpha value is -2.40. The van der Waals surface area contributed by atoms with Gasteiger partial charge >= 0.3 is 0 Å². The van der Waals surface area contributed by atoms with Gasteiger partial charge in [-0.2, -0.15) is 0 Å². The molecule has 27 heavy (non-hydrogen) atoms. The minimum atomic E-state index is -0.138. The molecule has 0 radical (unpaired) electrons. The van der Waals surface area contributed by atoms with Crippen LogP contribution in [0.1, 0.15) is 43.0 Å². The van der Waals surface area contributed by atoms with Crippen LogP contribution in [0.15, 0.2) is 42.5 Å². The van der Waals surface area contributed by atoms with Gasteiger partial charge in [0.2, 0.25) is 5.91 Å². The van der Waals surface area contributed by atoms with Crippen molar-refractivity contribution < 1.29 is 9.59 Å². The van der Waals surface area contributed by atoms with Crippen molar-refractivity contribution in [1.29, 1.82) is 0 Å². The van der Waals surface area contributed by atoms with E-state index in [0.717, 1.165) is 43.2 Å². The molecule has 5 heteroatoms. The number of fused-ring (bicyclic) bond motifs is 1. The highest BCUT2D eigenvalue weighted by atomic mass is 16.2. The number of rotatable bonds is 7. The Bertz CT molecular complexity index is 782. The van der Waals surface area contributed by atoms with E-state index in [-0.39, 0.29) is 17.9 Å². The molecule has 144 valence electrons. The summed E-state index contributed by atoms with van der Waals surface area (Å²) in [4.78, 5) is 26.9. The van der Waals surface area contributed by atoms with Gasteiger partial charge in [0.1, 0.15) is 0 Å². The number of carbonyl (C=O) groups is 2. The number of amides is 2. The molecule has 2 N–H and O–H groups in total. The largest absolute Gasteiger partial charge is 0.353 e. The Kier molecular flexibility index (Phi) is 6.82. The summed E-state index contributed by atoms with van der Waals surface area (Å²) in [5, 5.41) is 8.10. The molecular formula is C22H29N3O2. The number of piperidine rings is 1. The number of benzene rings is 2. The number of likely N-dealkylation sites (tertiary alicyclic amines) is 1. The van der Waals surface area contributed by atoms with Gasteiger partial charge in [-0.25, -0.2) is 0 Å². The summed E-state index contributed by atoms with van der Waals surface area (Å²) in [6.07, 6.45) is 3.51. The summed E-state index contributed by atoms with van der Waals surface area (Å²) < 4.78 is 0. The third-order valence-corrected chi connectivity index (χ3v) is 5.14. The SMILES string of the molecule is CCCN1CCC(NC(=O)CCNC(=O)c2ccc3ccccc3c2)CC1. The van der Waals surface area contributed by atoms with Crippen molar-refractivity contribution in [2.45, 2.75) is 38.6 Å². The molecule has 0 unspecified atom stereocenters. The van der Waals surface area contributed by atoms with Gasteiger partial charge in [-0.15, -0.1) is 0 Å². The second-order valence-electron chi connectivity index (χ2n) is 7.25. The van der Waals surface area contributed by atoms with E-state index in [1.54, 1.807) is 0 Å². The number of hydrogen-bond acceptors (Lipinski definition) is 3. The standard InChI is InChI=1S/C22H29N3O2/c1-2-13-25-14-10-20(11-15-25)24-21(26)9-12-23-22(27)19-8-7-17-5-3-4-6-18(17)16-19/h3-8,16,20H,2,9-15H2,1H3,(H,23,27)(H,24,26). The Morgan fingerprint density at radius 3 is 2.56 bits per heavy atom. The zero-order valence-corrected chi connectivity index (χ0v) is 16.0. The lowest BCUT2D eigenvalue weighted by molar-refractivity contribution is -0.121. The first kappa shape index (κ1) is 19.4. The molecule has 2 aromatic rings. The molecule has 0 atom stereocenters. The fourth-order valence-electron chi connectivity index (χ4n) is 3.64. The Morgan fingerprint density at radius 2 is 1.81 bits per heavy atom. The minimum absolute atomic E-state index is 0.0164. The van der Waals surface area contributed by atoms with E-state index in [1.165, 1.54) is 6.42 Å². The van der Waals surface area contributed by atoms with Crippen molar-refractivity contribution in [3.63, 3.8) is 0 Å². The van der Waals surface area contributed by atoms with Crippen LogP contribution in [0.5, 0.6) is 0 Å². The summed E-state index contributed by atoms with van der Waals surface area (Å²) in [5.74, 6) is -0.121. The van der Waals surface area contributed by atoms with Gasteiger partial charge < -0.3 is 15.5 Å². The highest BCUT2D eigenvalue weighted by Crippen LogP contribution is 2.15. The van der Waals surface area contributed by atoms with Gasteiger partial charge in [-0.05, 0) is 48.7 Å². The van der Waals surface area contributed by atoms with E-state index in [9.17, 15) is 9.59 Å². The topological polar surface area (TPSA) is 61.4 Å². The quantitative estimate of drug-likeness (QED) is 0.791. The average molecular weight is 367 g/mol. The van der Waals surface area contributed by atoms with Crippen molar-refractivity contribution in [3.8, 4) is 0 Å². The Labute approximate surface area is 161 Å². The van der Waals surface area contributed by atoms with Crippen molar-refractivity contribution >= 4 is 22.6 Å². The molecule has 0 aromatic heterocycles. The first-order chi connectivity index (χ1) is 13.2. The van der Waals surface area contributed by atoms with E-state index in [0.29, 0.717) is 18.5 Å². The van der Waals surface area contributed by atoms with Crippen molar-refractivity contribution in [3.05, 3.63) is 48.0 Å². The molecule has 2 aromatic carbocycles. The molecule has 0 spiro atoms. The van der Waals surface area contributed by atoms with Crippen molar-refractivity contribution in [1.82, 2.24) is 15.5 Å². The summed E-state index contributed by atoms with van der Waals surface area (Å²) >= 11 is 0. The first-order valence-corrected chi connectivity index (χ1v) is 9.94. The van der Waals surface area contributed by atoms with E-state index < -0.39 is 0 Å². The van der Waals surface area contributed by atoms with Gasteiger partial charge in [0.25, 0.3) is 5.91 Å². The lowest BCUT2D eigenvalue weighted by atomic mass is 10.0. The molecule has 1 aliphatic heterocycles. The average Bonchev–Trinajstić information content (AvgIpc) is 2.69. The molecule has 1 aliphatic rings. The van der Waals surface area contributed by atoms with Crippen molar-refractivity contribution in [2.75, 3.05) is 26.2 Å². The van der Waals surface area contributed by atoms with Crippen LogP contribution in [-0.4, -0.2) is 48.9 Å². The van der Waals surface area contributed by atoms with Gasteiger partial charge in [-0.1, -0.05) is 37.3 Å². The highest BCUT2D eigenvalue weighted by molar-refractivity contribution is 5.98. The monoisotopic (exact) mass is 367 g/mol. The Balaban J connectivity index is 1.39. The smallest absolute Gasteiger partial charge is 0.251 e.